The number of anilines is 1. The van der Waals surface area contributed by atoms with Crippen molar-refractivity contribution in [2.45, 2.75) is 19.3 Å². The Kier molecular flexibility index (Phi) is 4.55. The fraction of sp³-hybridized carbons (Fsp3) is 0.280. The molecule has 0 spiro atoms. The molecule has 2 aliphatic heterocycles. The van der Waals surface area contributed by atoms with Crippen molar-refractivity contribution in [2.24, 2.45) is 11.8 Å². The second kappa shape index (κ2) is 7.36. The summed E-state index contributed by atoms with van der Waals surface area (Å²) < 4.78 is 0. The molecule has 4 nitrogen and oxygen atoms in total. The molecule has 0 saturated carbocycles. The molecule has 5 rings (SSSR count). The van der Waals surface area contributed by atoms with Gasteiger partial charge in [0, 0.05) is 31.1 Å². The second-order valence-electron chi connectivity index (χ2n) is 8.27. The number of carbonyl (C=O) groups is 1. The molecule has 3 aliphatic rings. The van der Waals surface area contributed by atoms with Gasteiger partial charge in [0.2, 0.25) is 5.91 Å². The van der Waals surface area contributed by atoms with Gasteiger partial charge < -0.3 is 10.2 Å². The largest absolute Gasteiger partial charge is 0.344 e. The number of aromatic nitrogens is 1. The molecule has 1 aromatic carbocycles. The first-order valence-corrected chi connectivity index (χ1v) is 10.3. The van der Waals surface area contributed by atoms with Gasteiger partial charge in [0.15, 0.2) is 0 Å². The zero-order valence-corrected chi connectivity index (χ0v) is 16.5. The number of amides is 1. The van der Waals surface area contributed by atoms with Gasteiger partial charge in [-0.05, 0) is 65.5 Å². The third-order valence-corrected chi connectivity index (χ3v) is 6.24. The third-order valence-electron chi connectivity index (χ3n) is 6.24. The van der Waals surface area contributed by atoms with Crippen LogP contribution in [0.5, 0.6) is 0 Å². The number of allylic oxidation sites excluding steroid dienone is 2. The monoisotopic (exact) mass is 383 g/mol. The summed E-state index contributed by atoms with van der Waals surface area (Å²) in [5, 5.41) is 3.22. The van der Waals surface area contributed by atoms with Crippen molar-refractivity contribution in [2.75, 3.05) is 18.4 Å². The molecule has 2 aromatic rings. The number of aryl methyl sites for hydroxylation is 1. The molecule has 2 atom stereocenters. The molecule has 1 fully saturated rings. The number of hydrogen-bond acceptors (Lipinski definition) is 3. The van der Waals surface area contributed by atoms with Gasteiger partial charge in [0.05, 0.1) is 0 Å². The van der Waals surface area contributed by atoms with E-state index in [2.05, 4.69) is 59.4 Å². The summed E-state index contributed by atoms with van der Waals surface area (Å²) in [6, 6.07) is 12.7. The van der Waals surface area contributed by atoms with E-state index in [-0.39, 0.29) is 5.91 Å². The molecule has 0 radical (unpaired) electrons. The Morgan fingerprint density at radius 2 is 2.07 bits per heavy atom. The standard InChI is InChI=1S/C25H25N3O/c1-17-7-9-20-11-18(14-26-25(20)27-17)8-10-24(29)28-15-22-12-21(13-23(22)16-28)19-5-3-2-4-6-19/h2-6,8,10-12,14,22-23H,1,7,9,13,15-16H2,(H,26,27)/b10-8+/t22-,23+/m0/s1. The number of carbonyl (C=O) groups excluding carboxylic acids is 1. The summed E-state index contributed by atoms with van der Waals surface area (Å²) in [4.78, 5) is 19.2. The van der Waals surface area contributed by atoms with Crippen LogP contribution in [0.25, 0.3) is 11.6 Å². The van der Waals surface area contributed by atoms with Crippen molar-refractivity contribution in [1.82, 2.24) is 9.88 Å². The van der Waals surface area contributed by atoms with Gasteiger partial charge in [-0.3, -0.25) is 4.79 Å². The van der Waals surface area contributed by atoms with Gasteiger partial charge in [-0.1, -0.05) is 43.0 Å². The lowest BCUT2D eigenvalue weighted by Crippen LogP contribution is -2.27. The Labute approximate surface area is 171 Å². The van der Waals surface area contributed by atoms with Gasteiger partial charge in [0.1, 0.15) is 5.82 Å². The molecule has 3 heterocycles. The molecular formula is C25H25N3O. The minimum absolute atomic E-state index is 0.0956. The van der Waals surface area contributed by atoms with Crippen LogP contribution in [0.2, 0.25) is 0 Å². The van der Waals surface area contributed by atoms with Crippen molar-refractivity contribution in [3.05, 3.63) is 83.7 Å². The average Bonchev–Trinajstić information content (AvgIpc) is 3.32. The van der Waals surface area contributed by atoms with Crippen LogP contribution in [-0.4, -0.2) is 28.9 Å². The van der Waals surface area contributed by atoms with Crippen LogP contribution in [0.15, 0.2) is 67.0 Å². The first kappa shape index (κ1) is 17.9. The number of likely N-dealkylation sites (tertiary alicyclic amines) is 1. The van der Waals surface area contributed by atoms with Crippen molar-refractivity contribution in [1.29, 1.82) is 0 Å². The predicted octanol–water partition coefficient (Wildman–Crippen LogP) is 4.53. The van der Waals surface area contributed by atoms with E-state index >= 15 is 0 Å². The number of nitrogens with one attached hydrogen (secondary N) is 1. The zero-order chi connectivity index (χ0) is 19.8. The van der Waals surface area contributed by atoms with Crippen molar-refractivity contribution in [3.63, 3.8) is 0 Å². The fourth-order valence-electron chi connectivity index (χ4n) is 4.67. The molecule has 1 N–H and O–H groups in total. The molecule has 1 amide bonds. The van der Waals surface area contributed by atoms with Gasteiger partial charge in [-0.15, -0.1) is 0 Å². The number of fused-ring (bicyclic) bond motifs is 2. The highest BCUT2D eigenvalue weighted by atomic mass is 16.2. The van der Waals surface area contributed by atoms with Crippen LogP contribution in [0.1, 0.15) is 29.5 Å². The minimum Gasteiger partial charge on any atom is -0.344 e. The second-order valence-corrected chi connectivity index (χ2v) is 8.27. The molecule has 0 bridgehead atoms. The summed E-state index contributed by atoms with van der Waals surface area (Å²) in [7, 11) is 0. The third kappa shape index (κ3) is 3.63. The van der Waals surface area contributed by atoms with E-state index < -0.39 is 0 Å². The lowest BCUT2D eigenvalue weighted by Gasteiger charge is -2.19. The van der Waals surface area contributed by atoms with Crippen LogP contribution in [0.3, 0.4) is 0 Å². The summed E-state index contributed by atoms with van der Waals surface area (Å²) in [5.74, 6) is 2.01. The number of benzene rings is 1. The van der Waals surface area contributed by atoms with Crippen molar-refractivity contribution >= 4 is 23.4 Å². The van der Waals surface area contributed by atoms with E-state index in [4.69, 9.17) is 0 Å². The maximum Gasteiger partial charge on any atom is 0.246 e. The molecule has 146 valence electrons. The molecular weight excluding hydrogens is 358 g/mol. The van der Waals surface area contributed by atoms with E-state index in [0.717, 1.165) is 49.4 Å². The molecule has 1 aromatic heterocycles. The highest BCUT2D eigenvalue weighted by molar-refractivity contribution is 5.92. The van der Waals surface area contributed by atoms with E-state index in [1.165, 1.54) is 16.7 Å². The Hall–Kier alpha value is -3.14. The van der Waals surface area contributed by atoms with E-state index in [0.29, 0.717) is 11.8 Å². The summed E-state index contributed by atoms with van der Waals surface area (Å²) in [5.41, 5.74) is 5.91. The maximum absolute atomic E-state index is 12.7. The molecule has 0 unspecified atom stereocenters. The Bertz CT molecular complexity index is 1020. The summed E-state index contributed by atoms with van der Waals surface area (Å²) in [6.07, 6.45) is 10.7. The maximum atomic E-state index is 12.7. The Balaban J connectivity index is 1.23. The Morgan fingerprint density at radius 3 is 2.90 bits per heavy atom. The van der Waals surface area contributed by atoms with Crippen LogP contribution in [0, 0.1) is 11.8 Å². The number of nitrogens with zero attached hydrogens (tertiary/aromatic N) is 2. The number of rotatable bonds is 3. The van der Waals surface area contributed by atoms with Crippen LogP contribution < -0.4 is 5.32 Å². The predicted molar refractivity (Wildman–Crippen MR) is 117 cm³/mol. The smallest absolute Gasteiger partial charge is 0.246 e. The van der Waals surface area contributed by atoms with Gasteiger partial charge in [-0.25, -0.2) is 4.98 Å². The lowest BCUT2D eigenvalue weighted by molar-refractivity contribution is -0.125. The quantitative estimate of drug-likeness (QED) is 0.792. The topological polar surface area (TPSA) is 45.2 Å². The lowest BCUT2D eigenvalue weighted by atomic mass is 9.98. The highest BCUT2D eigenvalue weighted by Gasteiger charge is 2.37. The normalized spacial score (nSPS) is 23.0. The SMILES string of the molecule is C=C1CCc2cc(/C=C/C(=O)N3C[C@H]4CC(c5ccccc5)=C[C@H]4C3)cnc2N1. The number of hydrogen-bond donors (Lipinski definition) is 1. The van der Waals surface area contributed by atoms with Gasteiger partial charge in [-0.2, -0.15) is 0 Å². The fourth-order valence-corrected chi connectivity index (χ4v) is 4.67. The van der Waals surface area contributed by atoms with Crippen molar-refractivity contribution < 1.29 is 4.79 Å². The van der Waals surface area contributed by atoms with Gasteiger partial charge in [0.25, 0.3) is 0 Å². The first-order valence-electron chi connectivity index (χ1n) is 10.3. The average molecular weight is 383 g/mol. The van der Waals surface area contributed by atoms with E-state index in [1.807, 2.05) is 17.2 Å². The van der Waals surface area contributed by atoms with E-state index in [9.17, 15) is 4.79 Å². The van der Waals surface area contributed by atoms with Crippen LogP contribution in [-0.2, 0) is 11.2 Å². The van der Waals surface area contributed by atoms with E-state index in [1.54, 1.807) is 6.08 Å². The highest BCUT2D eigenvalue weighted by Crippen LogP contribution is 2.41. The molecule has 1 aliphatic carbocycles. The first-order chi connectivity index (χ1) is 14.2. The number of pyridine rings is 1. The summed E-state index contributed by atoms with van der Waals surface area (Å²) in [6.45, 7) is 5.63. The summed E-state index contributed by atoms with van der Waals surface area (Å²) >= 11 is 0. The van der Waals surface area contributed by atoms with Crippen LogP contribution in [0.4, 0.5) is 5.82 Å². The molecule has 1 saturated heterocycles. The molecule has 29 heavy (non-hydrogen) atoms. The van der Waals surface area contributed by atoms with Crippen molar-refractivity contribution in [3.8, 4) is 0 Å². The minimum atomic E-state index is 0.0956. The Morgan fingerprint density at radius 1 is 1.21 bits per heavy atom. The van der Waals surface area contributed by atoms with Crippen LogP contribution >= 0.6 is 0 Å². The molecule has 4 heteroatoms. The zero-order valence-electron chi connectivity index (χ0n) is 16.5. The van der Waals surface area contributed by atoms with Gasteiger partial charge >= 0.3 is 0 Å².